The second-order valence-electron chi connectivity index (χ2n) is 10.9. The number of pyridine rings is 2. The minimum atomic E-state index is -1.45. The topological polar surface area (TPSA) is 63.8 Å². The SMILES string of the molecule is Cn1c(-c2ccccc2O)nc2c(-c3cc(-c4ccccc4)cc(-c4ccc([Si](C)(C)C)cn4)c3)ccnc21. The highest BCUT2D eigenvalue weighted by atomic mass is 28.3. The summed E-state index contributed by atoms with van der Waals surface area (Å²) in [4.78, 5) is 14.5. The van der Waals surface area contributed by atoms with Gasteiger partial charge in [0.25, 0.3) is 0 Å². The molecule has 6 heteroatoms. The van der Waals surface area contributed by atoms with Crippen LogP contribution in [0.1, 0.15) is 0 Å². The fourth-order valence-corrected chi connectivity index (χ4v) is 5.99. The van der Waals surface area contributed by atoms with E-state index in [-0.39, 0.29) is 5.75 Å². The molecule has 0 spiro atoms. The zero-order chi connectivity index (χ0) is 27.1. The molecule has 192 valence electrons. The number of benzene rings is 3. The summed E-state index contributed by atoms with van der Waals surface area (Å²) >= 11 is 0. The highest BCUT2D eigenvalue weighted by Crippen LogP contribution is 2.37. The summed E-state index contributed by atoms with van der Waals surface area (Å²) in [7, 11) is 0.486. The predicted molar refractivity (Wildman–Crippen MR) is 163 cm³/mol. The minimum Gasteiger partial charge on any atom is -0.507 e. The van der Waals surface area contributed by atoms with Gasteiger partial charge in [-0.1, -0.05) is 68.2 Å². The van der Waals surface area contributed by atoms with Gasteiger partial charge in [-0.05, 0) is 64.3 Å². The first-order chi connectivity index (χ1) is 18.8. The van der Waals surface area contributed by atoms with E-state index in [1.54, 1.807) is 6.07 Å². The number of para-hydroxylation sites is 1. The zero-order valence-corrected chi connectivity index (χ0v) is 23.6. The maximum absolute atomic E-state index is 10.5. The summed E-state index contributed by atoms with van der Waals surface area (Å²) in [6.07, 6.45) is 3.86. The van der Waals surface area contributed by atoms with Crippen LogP contribution >= 0.6 is 0 Å². The third-order valence-electron chi connectivity index (χ3n) is 7.18. The number of rotatable bonds is 5. The first-order valence-electron chi connectivity index (χ1n) is 13.1. The van der Waals surface area contributed by atoms with Crippen molar-refractivity contribution in [2.75, 3.05) is 0 Å². The number of phenols is 1. The maximum Gasteiger partial charge on any atom is 0.160 e. The first-order valence-corrected chi connectivity index (χ1v) is 16.6. The normalized spacial score (nSPS) is 11.7. The number of nitrogens with zero attached hydrogens (tertiary/aromatic N) is 4. The summed E-state index contributed by atoms with van der Waals surface area (Å²) in [5, 5.41) is 11.9. The molecule has 5 nitrogen and oxygen atoms in total. The molecule has 0 bridgehead atoms. The summed E-state index contributed by atoms with van der Waals surface area (Å²) in [5.74, 6) is 0.866. The van der Waals surface area contributed by atoms with Crippen molar-refractivity contribution in [1.82, 2.24) is 19.5 Å². The van der Waals surface area contributed by atoms with Crippen molar-refractivity contribution >= 4 is 24.4 Å². The Morgan fingerprint density at radius 1 is 0.692 bits per heavy atom. The quantitative estimate of drug-likeness (QED) is 0.240. The standard InChI is InChI=1S/C33H30N4OSi/c1-37-32(28-12-8-9-13-30(28)38)36-31-27(16-17-34-33(31)37)24-18-23(22-10-6-5-7-11-22)19-25(20-24)29-15-14-26(21-35-29)39(2,3)4/h5-21,38H,1-4H3. The number of phenolic OH excluding ortho intramolecular Hbond substituents is 1. The molecule has 0 atom stereocenters. The Morgan fingerprint density at radius 3 is 2.13 bits per heavy atom. The molecule has 3 aromatic heterocycles. The van der Waals surface area contributed by atoms with E-state index in [9.17, 15) is 5.11 Å². The van der Waals surface area contributed by atoms with E-state index in [0.29, 0.717) is 11.4 Å². The van der Waals surface area contributed by atoms with Crippen LogP contribution in [0.5, 0.6) is 5.75 Å². The molecule has 0 saturated carbocycles. The first kappa shape index (κ1) is 24.8. The molecule has 0 saturated heterocycles. The molecule has 0 aliphatic carbocycles. The highest BCUT2D eigenvalue weighted by Gasteiger charge is 2.19. The number of aromatic nitrogens is 4. The van der Waals surface area contributed by atoms with E-state index in [4.69, 9.17) is 9.97 Å². The average Bonchev–Trinajstić information content (AvgIpc) is 3.29. The second kappa shape index (κ2) is 9.64. The summed E-state index contributed by atoms with van der Waals surface area (Å²) in [5.41, 5.74) is 8.49. The molecule has 0 radical (unpaired) electrons. The van der Waals surface area contributed by atoms with Crippen LogP contribution in [0.25, 0.3) is 56.1 Å². The molecule has 6 rings (SSSR count). The van der Waals surface area contributed by atoms with Crippen LogP contribution in [0.15, 0.2) is 103 Å². The molecule has 1 N–H and O–H groups in total. The highest BCUT2D eigenvalue weighted by molar-refractivity contribution is 6.88. The summed E-state index contributed by atoms with van der Waals surface area (Å²) in [6.45, 7) is 7.01. The molecule has 39 heavy (non-hydrogen) atoms. The van der Waals surface area contributed by atoms with E-state index >= 15 is 0 Å². The number of aryl methyl sites for hydroxylation is 1. The number of imidazole rings is 1. The van der Waals surface area contributed by atoms with Crippen molar-refractivity contribution in [2.45, 2.75) is 19.6 Å². The molecule has 3 aromatic carbocycles. The fraction of sp³-hybridized carbons (Fsp3) is 0.121. The van der Waals surface area contributed by atoms with Gasteiger partial charge in [0.05, 0.1) is 19.3 Å². The number of hydrogen-bond acceptors (Lipinski definition) is 4. The van der Waals surface area contributed by atoms with Crippen LogP contribution in [0.3, 0.4) is 0 Å². The van der Waals surface area contributed by atoms with E-state index < -0.39 is 8.07 Å². The van der Waals surface area contributed by atoms with Gasteiger partial charge >= 0.3 is 0 Å². The lowest BCUT2D eigenvalue weighted by atomic mass is 9.95. The molecule has 0 unspecified atom stereocenters. The van der Waals surface area contributed by atoms with Gasteiger partial charge in [0.2, 0.25) is 0 Å². The molecular formula is C33H30N4OSi. The molecule has 3 heterocycles. The number of fused-ring (bicyclic) bond motifs is 1. The van der Waals surface area contributed by atoms with E-state index in [2.05, 4.69) is 79.2 Å². The Balaban J connectivity index is 1.56. The van der Waals surface area contributed by atoms with Crippen molar-refractivity contribution in [1.29, 1.82) is 0 Å². The van der Waals surface area contributed by atoms with Crippen molar-refractivity contribution in [2.24, 2.45) is 7.05 Å². The molecule has 0 fully saturated rings. The predicted octanol–water partition coefficient (Wildman–Crippen LogP) is 7.28. The van der Waals surface area contributed by atoms with Crippen molar-refractivity contribution < 1.29 is 5.11 Å². The van der Waals surface area contributed by atoms with Crippen molar-refractivity contribution in [3.05, 3.63) is 103 Å². The lowest BCUT2D eigenvalue weighted by Crippen LogP contribution is -2.37. The molecule has 0 aliphatic rings. The fourth-order valence-electron chi connectivity index (χ4n) is 4.95. The molecular weight excluding hydrogens is 496 g/mol. The van der Waals surface area contributed by atoms with Gasteiger partial charge in [-0.25, -0.2) is 9.97 Å². The van der Waals surface area contributed by atoms with Gasteiger partial charge in [-0.15, -0.1) is 0 Å². The Labute approximate surface area is 229 Å². The van der Waals surface area contributed by atoms with Gasteiger partial charge < -0.3 is 9.67 Å². The van der Waals surface area contributed by atoms with Gasteiger partial charge in [0, 0.05) is 30.6 Å². The largest absolute Gasteiger partial charge is 0.507 e. The molecule has 6 aromatic rings. The Kier molecular flexibility index (Phi) is 6.12. The van der Waals surface area contributed by atoms with Crippen molar-refractivity contribution in [3.63, 3.8) is 0 Å². The van der Waals surface area contributed by atoms with Crippen LogP contribution < -0.4 is 5.19 Å². The zero-order valence-electron chi connectivity index (χ0n) is 22.6. The third kappa shape index (κ3) is 4.64. The minimum absolute atomic E-state index is 0.193. The van der Waals surface area contributed by atoms with Crippen LogP contribution in [0, 0.1) is 0 Å². The summed E-state index contributed by atoms with van der Waals surface area (Å²) in [6, 6.07) is 30.7. The van der Waals surface area contributed by atoms with E-state index in [1.165, 1.54) is 5.19 Å². The lowest BCUT2D eigenvalue weighted by molar-refractivity contribution is 0.476. The van der Waals surface area contributed by atoms with Gasteiger partial charge in [-0.2, -0.15) is 0 Å². The third-order valence-corrected chi connectivity index (χ3v) is 9.21. The van der Waals surface area contributed by atoms with Crippen molar-refractivity contribution in [3.8, 4) is 50.6 Å². The van der Waals surface area contributed by atoms with Crippen LogP contribution in [-0.4, -0.2) is 32.7 Å². The van der Waals surface area contributed by atoms with E-state index in [0.717, 1.165) is 44.7 Å². The Hall–Kier alpha value is -4.55. The monoisotopic (exact) mass is 526 g/mol. The Bertz CT molecular complexity index is 1800. The van der Waals surface area contributed by atoms with Gasteiger partial charge in [0.1, 0.15) is 17.1 Å². The lowest BCUT2D eigenvalue weighted by Gasteiger charge is -2.16. The van der Waals surface area contributed by atoms with E-state index in [1.807, 2.05) is 54.3 Å². The number of hydrogen-bond donors (Lipinski definition) is 1. The van der Waals surface area contributed by atoms with Gasteiger partial charge in [-0.3, -0.25) is 4.98 Å². The molecule has 0 amide bonds. The average molecular weight is 527 g/mol. The summed E-state index contributed by atoms with van der Waals surface area (Å²) < 4.78 is 1.94. The second-order valence-corrected chi connectivity index (χ2v) is 16.0. The number of aromatic hydroxyl groups is 1. The van der Waals surface area contributed by atoms with Crippen LogP contribution in [0.4, 0.5) is 0 Å². The smallest absolute Gasteiger partial charge is 0.160 e. The Morgan fingerprint density at radius 2 is 1.41 bits per heavy atom. The maximum atomic E-state index is 10.5. The van der Waals surface area contributed by atoms with Crippen LogP contribution in [-0.2, 0) is 7.05 Å². The van der Waals surface area contributed by atoms with Gasteiger partial charge in [0.15, 0.2) is 5.65 Å². The van der Waals surface area contributed by atoms with Crippen LogP contribution in [0.2, 0.25) is 19.6 Å². The molecule has 0 aliphatic heterocycles.